The number of nitriles is 1. The zero-order valence-corrected chi connectivity index (χ0v) is 12.8. The third-order valence-electron chi connectivity index (χ3n) is 2.91. The average Bonchev–Trinajstić information content (AvgIpc) is 3.16. The summed E-state index contributed by atoms with van der Waals surface area (Å²) in [4.78, 5) is 1.09. The SMILES string of the molecule is N#CCSc1nnc(-c2cccs2)n1Cc1ccccc1. The molecule has 21 heavy (non-hydrogen) atoms. The fourth-order valence-corrected chi connectivity index (χ4v) is 3.31. The standard InChI is InChI=1S/C15H12N4S2/c16-8-10-21-15-18-17-14(13-7-4-9-20-13)19(15)11-12-5-2-1-3-6-12/h1-7,9H,10-11H2. The summed E-state index contributed by atoms with van der Waals surface area (Å²) in [6.07, 6.45) is 0. The number of aromatic nitrogens is 3. The molecule has 1 aromatic carbocycles. The Morgan fingerprint density at radius 2 is 2.00 bits per heavy atom. The summed E-state index contributed by atoms with van der Waals surface area (Å²) in [5, 5.41) is 20.1. The summed E-state index contributed by atoms with van der Waals surface area (Å²) in [5.41, 5.74) is 1.19. The summed E-state index contributed by atoms with van der Waals surface area (Å²) in [5.74, 6) is 1.23. The normalized spacial score (nSPS) is 10.4. The highest BCUT2D eigenvalue weighted by Crippen LogP contribution is 2.27. The lowest BCUT2D eigenvalue weighted by molar-refractivity contribution is 0.716. The summed E-state index contributed by atoms with van der Waals surface area (Å²) in [6, 6.07) is 16.4. The third-order valence-corrected chi connectivity index (χ3v) is 4.61. The number of thiophene rings is 1. The molecule has 3 aromatic rings. The van der Waals surface area contributed by atoms with Crippen LogP contribution in [0.15, 0.2) is 53.0 Å². The Labute approximate surface area is 131 Å². The van der Waals surface area contributed by atoms with Crippen molar-refractivity contribution in [3.8, 4) is 16.8 Å². The van der Waals surface area contributed by atoms with Crippen LogP contribution in [0.1, 0.15) is 5.56 Å². The van der Waals surface area contributed by atoms with Crippen LogP contribution in [-0.2, 0) is 6.54 Å². The quantitative estimate of drug-likeness (QED) is 0.675. The zero-order valence-electron chi connectivity index (χ0n) is 11.1. The third kappa shape index (κ3) is 3.15. The summed E-state index contributed by atoms with van der Waals surface area (Å²) in [7, 11) is 0. The van der Waals surface area contributed by atoms with Crippen LogP contribution in [0.25, 0.3) is 10.7 Å². The van der Waals surface area contributed by atoms with Crippen molar-refractivity contribution >= 4 is 23.1 Å². The number of thioether (sulfide) groups is 1. The van der Waals surface area contributed by atoms with Crippen LogP contribution in [0.5, 0.6) is 0 Å². The highest BCUT2D eigenvalue weighted by Gasteiger charge is 2.15. The first kappa shape index (κ1) is 13.9. The highest BCUT2D eigenvalue weighted by molar-refractivity contribution is 7.99. The maximum absolute atomic E-state index is 8.77. The van der Waals surface area contributed by atoms with Crippen LogP contribution < -0.4 is 0 Å². The van der Waals surface area contributed by atoms with E-state index in [-0.39, 0.29) is 0 Å². The van der Waals surface area contributed by atoms with Gasteiger partial charge in [0.2, 0.25) is 0 Å². The van der Waals surface area contributed by atoms with Crippen LogP contribution in [-0.4, -0.2) is 20.5 Å². The monoisotopic (exact) mass is 312 g/mol. The highest BCUT2D eigenvalue weighted by atomic mass is 32.2. The molecular weight excluding hydrogens is 300 g/mol. The summed E-state index contributed by atoms with van der Waals surface area (Å²) in [6.45, 7) is 0.703. The first-order valence-corrected chi connectivity index (χ1v) is 8.26. The van der Waals surface area contributed by atoms with Crippen molar-refractivity contribution in [2.24, 2.45) is 0 Å². The predicted octanol–water partition coefficient (Wildman–Crippen LogP) is 3.67. The smallest absolute Gasteiger partial charge is 0.192 e. The molecule has 0 atom stereocenters. The molecule has 0 unspecified atom stereocenters. The van der Waals surface area contributed by atoms with Gasteiger partial charge in [-0.2, -0.15) is 5.26 Å². The van der Waals surface area contributed by atoms with E-state index < -0.39 is 0 Å². The minimum atomic E-state index is 0.372. The van der Waals surface area contributed by atoms with Crippen LogP contribution >= 0.6 is 23.1 Å². The lowest BCUT2D eigenvalue weighted by atomic mass is 10.2. The Bertz CT molecular complexity index is 742. The Morgan fingerprint density at radius 1 is 1.14 bits per heavy atom. The fourth-order valence-electron chi connectivity index (χ4n) is 1.99. The van der Waals surface area contributed by atoms with Crippen LogP contribution in [0, 0.1) is 11.3 Å². The maximum atomic E-state index is 8.77. The lowest BCUT2D eigenvalue weighted by Crippen LogP contribution is -2.03. The molecule has 0 amide bonds. The largest absolute Gasteiger partial charge is 0.297 e. The van der Waals surface area contributed by atoms with Crippen LogP contribution in [0.4, 0.5) is 0 Å². The van der Waals surface area contributed by atoms with E-state index >= 15 is 0 Å². The number of hydrogen-bond acceptors (Lipinski definition) is 5. The molecule has 104 valence electrons. The minimum absolute atomic E-state index is 0.372. The summed E-state index contributed by atoms with van der Waals surface area (Å²) < 4.78 is 2.07. The van der Waals surface area contributed by atoms with E-state index in [1.54, 1.807) is 11.3 Å². The van der Waals surface area contributed by atoms with Gasteiger partial charge in [-0.3, -0.25) is 4.57 Å². The summed E-state index contributed by atoms with van der Waals surface area (Å²) >= 11 is 3.06. The van der Waals surface area contributed by atoms with Gasteiger partial charge in [-0.05, 0) is 17.0 Å². The molecule has 3 rings (SSSR count). The van der Waals surface area contributed by atoms with Gasteiger partial charge in [0.15, 0.2) is 11.0 Å². The van der Waals surface area contributed by atoms with Crippen molar-refractivity contribution in [1.82, 2.24) is 14.8 Å². The molecule has 0 radical (unpaired) electrons. The Hall–Kier alpha value is -2.10. The van der Waals surface area contributed by atoms with Crippen molar-refractivity contribution < 1.29 is 0 Å². The predicted molar refractivity (Wildman–Crippen MR) is 85.2 cm³/mol. The minimum Gasteiger partial charge on any atom is -0.297 e. The van der Waals surface area contributed by atoms with E-state index in [9.17, 15) is 0 Å². The van der Waals surface area contributed by atoms with E-state index in [0.717, 1.165) is 15.9 Å². The van der Waals surface area contributed by atoms with Gasteiger partial charge in [0, 0.05) is 0 Å². The fraction of sp³-hybridized carbons (Fsp3) is 0.133. The molecule has 0 saturated heterocycles. The van der Waals surface area contributed by atoms with Crippen molar-refractivity contribution in [1.29, 1.82) is 5.26 Å². The number of rotatable bonds is 5. The topological polar surface area (TPSA) is 54.5 Å². The van der Waals surface area contributed by atoms with E-state index in [1.165, 1.54) is 17.3 Å². The van der Waals surface area contributed by atoms with Gasteiger partial charge in [-0.25, -0.2) is 0 Å². The molecule has 0 aliphatic heterocycles. The molecule has 0 aliphatic carbocycles. The van der Waals surface area contributed by atoms with Gasteiger partial charge in [0.05, 0.1) is 23.2 Å². The molecule has 6 heteroatoms. The van der Waals surface area contributed by atoms with E-state index in [2.05, 4.69) is 33.0 Å². The van der Waals surface area contributed by atoms with Gasteiger partial charge >= 0.3 is 0 Å². The molecular formula is C15H12N4S2. The number of benzene rings is 1. The Morgan fingerprint density at radius 3 is 2.71 bits per heavy atom. The van der Waals surface area contributed by atoms with Crippen molar-refractivity contribution in [2.75, 3.05) is 5.75 Å². The molecule has 2 heterocycles. The molecule has 0 bridgehead atoms. The maximum Gasteiger partial charge on any atom is 0.192 e. The van der Waals surface area contributed by atoms with Gasteiger partial charge in [0.25, 0.3) is 0 Å². The number of hydrogen-bond donors (Lipinski definition) is 0. The Kier molecular flexibility index (Phi) is 4.34. The molecule has 0 fully saturated rings. The van der Waals surface area contributed by atoms with Crippen LogP contribution in [0.2, 0.25) is 0 Å². The zero-order chi connectivity index (χ0) is 14.5. The van der Waals surface area contributed by atoms with Gasteiger partial charge in [0.1, 0.15) is 0 Å². The van der Waals surface area contributed by atoms with Gasteiger partial charge in [-0.1, -0.05) is 48.2 Å². The molecule has 4 nitrogen and oxygen atoms in total. The van der Waals surface area contributed by atoms with Gasteiger partial charge in [-0.15, -0.1) is 21.5 Å². The van der Waals surface area contributed by atoms with Crippen molar-refractivity contribution in [3.05, 3.63) is 53.4 Å². The van der Waals surface area contributed by atoms with Crippen molar-refractivity contribution in [2.45, 2.75) is 11.7 Å². The van der Waals surface area contributed by atoms with Crippen molar-refractivity contribution in [3.63, 3.8) is 0 Å². The molecule has 0 N–H and O–H groups in total. The molecule has 2 aromatic heterocycles. The second-order valence-electron chi connectivity index (χ2n) is 4.30. The average molecular weight is 312 g/mol. The Balaban J connectivity index is 1.98. The van der Waals surface area contributed by atoms with E-state index in [0.29, 0.717) is 12.3 Å². The second-order valence-corrected chi connectivity index (χ2v) is 6.19. The van der Waals surface area contributed by atoms with E-state index in [1.807, 2.05) is 35.7 Å². The first-order valence-electron chi connectivity index (χ1n) is 6.39. The van der Waals surface area contributed by atoms with Gasteiger partial charge < -0.3 is 0 Å². The molecule has 0 aliphatic rings. The molecule has 0 saturated carbocycles. The first-order chi connectivity index (χ1) is 10.4. The molecule has 0 spiro atoms. The van der Waals surface area contributed by atoms with E-state index in [4.69, 9.17) is 5.26 Å². The van der Waals surface area contributed by atoms with Crippen LogP contribution in [0.3, 0.4) is 0 Å². The second kappa shape index (κ2) is 6.57. The number of nitrogens with zero attached hydrogens (tertiary/aromatic N) is 4. The lowest BCUT2D eigenvalue weighted by Gasteiger charge is -2.08.